The van der Waals surface area contributed by atoms with E-state index in [1.54, 1.807) is 11.3 Å². The second kappa shape index (κ2) is 12.5. The highest BCUT2D eigenvalue weighted by atomic mass is 32.1. The monoisotopic (exact) mass is 705 g/mol. The molecule has 52 heavy (non-hydrogen) atoms. The van der Waals surface area contributed by atoms with E-state index < -0.39 is 16.2 Å². The van der Waals surface area contributed by atoms with Crippen molar-refractivity contribution in [3.8, 4) is 35.0 Å². The summed E-state index contributed by atoms with van der Waals surface area (Å²) in [6.45, 7) is 8.12. The van der Waals surface area contributed by atoms with Gasteiger partial charge in [0.1, 0.15) is 17.8 Å². The van der Waals surface area contributed by atoms with Crippen LogP contribution in [-0.2, 0) is 39.7 Å². The molecule has 5 atom stereocenters. The Morgan fingerprint density at radius 1 is 0.827 bits per heavy atom. The van der Waals surface area contributed by atoms with E-state index in [4.69, 9.17) is 19.9 Å². The second-order valence-corrected chi connectivity index (χ2v) is 16.6. The van der Waals surface area contributed by atoms with E-state index in [9.17, 15) is 20.1 Å². The molecule has 0 N–H and O–H groups in total. The Hall–Kier alpha value is -5.19. The van der Waals surface area contributed by atoms with Gasteiger partial charge in [-0.1, -0.05) is 70.2 Å². The molecule has 10 heteroatoms. The molecule has 0 saturated heterocycles. The number of nitriles is 2. The summed E-state index contributed by atoms with van der Waals surface area (Å²) in [6, 6.07) is 14.2. The number of rotatable bonds is 6. The number of fused-ring (bicyclic) bond motifs is 6. The minimum absolute atomic E-state index is 0.0163. The molecule has 1 aromatic carbocycles. The number of carbonyl (C=O) groups excluding carboxylic acids is 2. The predicted octanol–water partition coefficient (Wildman–Crippen LogP) is 7.43. The number of carbonyl (C=O) groups is 2. The van der Waals surface area contributed by atoms with Crippen molar-refractivity contribution in [3.05, 3.63) is 98.9 Å². The minimum atomic E-state index is -0.675. The van der Waals surface area contributed by atoms with Gasteiger partial charge in [-0.2, -0.15) is 10.5 Å². The molecule has 0 fully saturated rings. The Labute approximate surface area is 307 Å². The van der Waals surface area contributed by atoms with Crippen molar-refractivity contribution in [3.63, 3.8) is 0 Å². The summed E-state index contributed by atoms with van der Waals surface area (Å²) in [6.07, 6.45) is 12.8. The van der Waals surface area contributed by atoms with Gasteiger partial charge in [0, 0.05) is 45.5 Å². The number of nitrogens with zero attached hydrogens (tertiary/aromatic N) is 7. The first kappa shape index (κ1) is 33.9. The highest BCUT2D eigenvalue weighted by Crippen LogP contribution is 2.54. The lowest BCUT2D eigenvalue weighted by atomic mass is 9.52. The number of hydrogen-bond donors (Lipinski definition) is 0. The van der Waals surface area contributed by atoms with Gasteiger partial charge in [-0.15, -0.1) is 11.3 Å². The Morgan fingerprint density at radius 3 is 2.21 bits per heavy atom. The lowest BCUT2D eigenvalue weighted by Gasteiger charge is -2.50. The molecule has 4 aliphatic rings. The largest absolute Gasteiger partial charge is 0.293 e. The van der Waals surface area contributed by atoms with E-state index in [0.29, 0.717) is 30.2 Å². The maximum absolute atomic E-state index is 13.7. The summed E-state index contributed by atoms with van der Waals surface area (Å²) >= 11 is 1.56. The summed E-state index contributed by atoms with van der Waals surface area (Å²) in [4.78, 5) is 51.3. The lowest BCUT2D eigenvalue weighted by Crippen LogP contribution is -2.51. The molecule has 3 heterocycles. The first-order valence-electron chi connectivity index (χ1n) is 18.1. The average molecular weight is 706 g/mol. The van der Waals surface area contributed by atoms with Crippen LogP contribution < -0.4 is 0 Å². The maximum Gasteiger partial charge on any atom is 0.179 e. The first-order chi connectivity index (χ1) is 25.0. The highest BCUT2D eigenvalue weighted by Gasteiger charge is 2.55. The van der Waals surface area contributed by atoms with Crippen molar-refractivity contribution in [2.24, 2.45) is 23.2 Å². The maximum atomic E-state index is 13.7. The molecular formula is C42H39N7O2S. The van der Waals surface area contributed by atoms with Crippen LogP contribution in [-0.4, -0.2) is 36.5 Å². The molecule has 4 aliphatic carbocycles. The molecule has 8 rings (SSSR count). The summed E-state index contributed by atoms with van der Waals surface area (Å²) in [7, 11) is 0. The third-order valence-corrected chi connectivity index (χ3v) is 13.2. The van der Waals surface area contributed by atoms with Crippen LogP contribution in [0, 0.1) is 45.8 Å². The molecule has 0 aliphatic heterocycles. The van der Waals surface area contributed by atoms with Gasteiger partial charge in [-0.05, 0) is 67.9 Å². The van der Waals surface area contributed by atoms with E-state index in [0.717, 1.165) is 65.2 Å². The zero-order valence-electron chi connectivity index (χ0n) is 29.8. The third kappa shape index (κ3) is 5.26. The highest BCUT2D eigenvalue weighted by molar-refractivity contribution is 7.09. The zero-order valence-corrected chi connectivity index (χ0v) is 30.6. The van der Waals surface area contributed by atoms with Gasteiger partial charge in [-0.25, -0.2) is 24.9 Å². The molecule has 0 radical (unpaired) electrons. The number of benzene rings is 1. The molecule has 9 nitrogen and oxygen atoms in total. The Kier molecular flexibility index (Phi) is 8.15. The van der Waals surface area contributed by atoms with Crippen LogP contribution >= 0.6 is 11.3 Å². The number of allylic oxidation sites excluding steroid dienone is 4. The van der Waals surface area contributed by atoms with Crippen molar-refractivity contribution in [1.29, 1.82) is 10.5 Å². The number of hydrogen-bond acceptors (Lipinski definition) is 10. The summed E-state index contributed by atoms with van der Waals surface area (Å²) in [5.74, 6) is 0.771. The fourth-order valence-corrected chi connectivity index (χ4v) is 10.5. The van der Waals surface area contributed by atoms with Gasteiger partial charge in [0.25, 0.3) is 0 Å². The van der Waals surface area contributed by atoms with Gasteiger partial charge >= 0.3 is 0 Å². The SMILES string of the molecule is CC1(C)C(=O)C(C#N)=C[C@]2(C)c3nc(-c4csc(CCC[C@@H]5C(=O)C(C#N)=C[C@]6(C)c7nc(-c8ccccc8)ncc7CC[C@@H]56)n4)ncc3CC[C@@H]12. The fraction of sp³-hybridized carbons (Fsp3) is 0.405. The van der Waals surface area contributed by atoms with Crippen molar-refractivity contribution < 1.29 is 9.59 Å². The molecule has 0 amide bonds. The molecule has 0 saturated carbocycles. The van der Waals surface area contributed by atoms with E-state index >= 15 is 0 Å². The number of aryl methyl sites for hydroxylation is 3. The van der Waals surface area contributed by atoms with Gasteiger partial charge in [-0.3, -0.25) is 9.59 Å². The average Bonchev–Trinajstić information content (AvgIpc) is 3.63. The summed E-state index contributed by atoms with van der Waals surface area (Å²) in [5.41, 5.74) is 4.15. The molecular weight excluding hydrogens is 667 g/mol. The zero-order chi connectivity index (χ0) is 36.4. The van der Waals surface area contributed by atoms with Crippen LogP contribution in [0.15, 0.2) is 71.4 Å². The molecule has 4 aromatic rings. The Bertz CT molecular complexity index is 2290. The molecule has 3 aromatic heterocycles. The molecule has 0 spiro atoms. The van der Waals surface area contributed by atoms with E-state index in [1.165, 1.54) is 0 Å². The van der Waals surface area contributed by atoms with Crippen LogP contribution in [0.25, 0.3) is 22.9 Å². The lowest BCUT2D eigenvalue weighted by molar-refractivity contribution is -0.128. The topological polar surface area (TPSA) is 146 Å². The quantitative estimate of drug-likeness (QED) is 0.200. The first-order valence-corrected chi connectivity index (χ1v) is 18.9. The summed E-state index contributed by atoms with van der Waals surface area (Å²) in [5, 5.41) is 22.8. The van der Waals surface area contributed by atoms with Crippen LogP contribution in [0.5, 0.6) is 0 Å². The van der Waals surface area contributed by atoms with Crippen molar-refractivity contribution in [1.82, 2.24) is 24.9 Å². The Balaban J connectivity index is 1.02. The van der Waals surface area contributed by atoms with Crippen LogP contribution in [0.2, 0.25) is 0 Å². The van der Waals surface area contributed by atoms with E-state index in [2.05, 4.69) is 31.0 Å². The number of Topliss-reactive ketones (excluding diaryl/α,β-unsaturated/α-hetero) is 2. The number of thiazole rings is 1. The van der Waals surface area contributed by atoms with Gasteiger partial charge in [0.2, 0.25) is 0 Å². The second-order valence-electron chi connectivity index (χ2n) is 15.7. The van der Waals surface area contributed by atoms with Crippen LogP contribution in [0.3, 0.4) is 0 Å². The number of ketones is 2. The van der Waals surface area contributed by atoms with Crippen molar-refractivity contribution >= 4 is 22.9 Å². The molecule has 0 unspecified atom stereocenters. The standard InChI is InChI=1S/C42H39N7O2S/c1-40(2)32-16-14-26-22-46-39(49-36(26)42(32,4)18-28(20-44)37(40)51)31-23-52-33(47-31)12-8-11-29-30-15-13-25-21-45-38(24-9-6-5-7-10-24)48-35(25)41(30,3)17-27(19-43)34(29)50/h5-7,9-10,17-18,21-23,29-30,32H,8,11-16H2,1-4H3/t29-,30-,32-,41-,42-/m0/s1. The van der Waals surface area contributed by atoms with Crippen LogP contribution in [0.4, 0.5) is 0 Å². The van der Waals surface area contributed by atoms with E-state index in [1.807, 2.05) is 74.1 Å². The number of aromatic nitrogens is 5. The van der Waals surface area contributed by atoms with Crippen molar-refractivity contribution in [2.75, 3.05) is 0 Å². The summed E-state index contributed by atoms with van der Waals surface area (Å²) < 4.78 is 0. The van der Waals surface area contributed by atoms with Gasteiger partial charge in [0.15, 0.2) is 23.2 Å². The predicted molar refractivity (Wildman–Crippen MR) is 197 cm³/mol. The van der Waals surface area contributed by atoms with Gasteiger partial charge < -0.3 is 0 Å². The Morgan fingerprint density at radius 2 is 1.48 bits per heavy atom. The van der Waals surface area contributed by atoms with Crippen molar-refractivity contribution in [2.45, 2.75) is 83.5 Å². The normalized spacial score (nSPS) is 27.2. The third-order valence-electron chi connectivity index (χ3n) is 12.3. The minimum Gasteiger partial charge on any atom is -0.293 e. The van der Waals surface area contributed by atoms with Crippen LogP contribution in [0.1, 0.15) is 80.9 Å². The molecule has 0 bridgehead atoms. The smallest absolute Gasteiger partial charge is 0.179 e. The van der Waals surface area contributed by atoms with Gasteiger partial charge in [0.05, 0.1) is 27.5 Å². The van der Waals surface area contributed by atoms with E-state index in [-0.39, 0.29) is 40.5 Å². The fourth-order valence-electron chi connectivity index (χ4n) is 9.72. The molecule has 260 valence electrons.